The average molecular weight is 582 g/mol. The summed E-state index contributed by atoms with van der Waals surface area (Å²) in [4.78, 5) is 0. The van der Waals surface area contributed by atoms with Crippen molar-refractivity contribution in [2.75, 3.05) is 0 Å². The molecule has 5 rings (SSSR count). The van der Waals surface area contributed by atoms with E-state index in [1.807, 2.05) is 20.8 Å². The second kappa shape index (κ2) is 11.6. The maximum atomic E-state index is 13.8. The molecule has 2 nitrogen and oxygen atoms in total. The molecule has 0 amide bonds. The van der Waals surface area contributed by atoms with Gasteiger partial charge in [0.15, 0.2) is 0 Å². The molecule has 4 aromatic carbocycles. The summed E-state index contributed by atoms with van der Waals surface area (Å²) in [6, 6.07) is 37.3. The molecule has 41 heavy (non-hydrogen) atoms. The molecule has 1 aliphatic carbocycles. The number of benzene rings is 4. The SMILES string of the molecule is CC1(C)CCC(C)(C)c2cc(C(NS(=O)C(C)(C)C)c3ccccc3P(c3ccccc3)c3ccccc3)ccc21. The Balaban J connectivity index is 1.72. The summed E-state index contributed by atoms with van der Waals surface area (Å²) in [5, 5.41) is 3.91. The van der Waals surface area contributed by atoms with Crippen molar-refractivity contribution < 1.29 is 4.21 Å². The van der Waals surface area contributed by atoms with Crippen LogP contribution in [0.4, 0.5) is 0 Å². The van der Waals surface area contributed by atoms with Gasteiger partial charge in [0.1, 0.15) is 0 Å². The molecular formula is C37H44NOPS. The Kier molecular flexibility index (Phi) is 8.46. The first-order valence-corrected chi connectivity index (χ1v) is 17.2. The Labute approximate surface area is 251 Å². The minimum atomic E-state index is -1.26. The fourth-order valence-electron chi connectivity index (χ4n) is 5.90. The van der Waals surface area contributed by atoms with Crippen LogP contribution < -0.4 is 20.6 Å². The molecule has 0 saturated heterocycles. The highest BCUT2D eigenvalue weighted by molar-refractivity contribution is 7.84. The molecule has 0 bridgehead atoms. The molecule has 214 valence electrons. The highest BCUT2D eigenvalue weighted by Crippen LogP contribution is 2.47. The van der Waals surface area contributed by atoms with Gasteiger partial charge in [0.05, 0.1) is 21.8 Å². The molecule has 0 radical (unpaired) electrons. The van der Waals surface area contributed by atoms with E-state index >= 15 is 0 Å². The Hall–Kier alpha value is -2.58. The van der Waals surface area contributed by atoms with E-state index in [0.717, 1.165) is 6.42 Å². The summed E-state index contributed by atoms with van der Waals surface area (Å²) in [6.45, 7) is 15.6. The third-order valence-electron chi connectivity index (χ3n) is 8.51. The molecule has 2 atom stereocenters. The second-order valence-corrected chi connectivity index (χ2v) is 17.8. The first kappa shape index (κ1) is 29.9. The standard InChI is InChI=1S/C37H44NOPS/c1-35(2,3)41(39)38-34(27-22-23-31-32(26-27)37(6,7)25-24-36(31,4)5)30-20-14-15-21-33(30)40(28-16-10-8-11-17-28)29-18-12-9-13-19-29/h8-23,26,34,38H,24-25H2,1-7H3. The summed E-state index contributed by atoms with van der Waals surface area (Å²) < 4.78 is 17.0. The van der Waals surface area contributed by atoms with Gasteiger partial charge in [-0.05, 0) is 90.5 Å². The van der Waals surface area contributed by atoms with Gasteiger partial charge in [-0.25, -0.2) is 8.93 Å². The lowest BCUT2D eigenvalue weighted by atomic mass is 9.63. The Morgan fingerprint density at radius 1 is 0.707 bits per heavy atom. The van der Waals surface area contributed by atoms with E-state index in [-0.39, 0.29) is 16.9 Å². The third-order valence-corrected chi connectivity index (χ3v) is 12.6. The van der Waals surface area contributed by atoms with Crippen molar-refractivity contribution in [1.82, 2.24) is 4.72 Å². The van der Waals surface area contributed by atoms with Crippen LogP contribution in [0.1, 0.15) is 89.6 Å². The van der Waals surface area contributed by atoms with Gasteiger partial charge in [0.2, 0.25) is 0 Å². The van der Waals surface area contributed by atoms with Crippen LogP contribution >= 0.6 is 7.92 Å². The zero-order chi connectivity index (χ0) is 29.4. The predicted octanol–water partition coefficient (Wildman–Crippen LogP) is 7.94. The van der Waals surface area contributed by atoms with Crippen LogP contribution in [0.15, 0.2) is 103 Å². The number of fused-ring (bicyclic) bond motifs is 1. The minimum Gasteiger partial charge on any atom is -0.242 e. The maximum absolute atomic E-state index is 13.8. The third kappa shape index (κ3) is 6.29. The van der Waals surface area contributed by atoms with Gasteiger partial charge in [-0.3, -0.25) is 0 Å². The monoisotopic (exact) mass is 581 g/mol. The summed E-state index contributed by atoms with van der Waals surface area (Å²) in [7, 11) is -2.08. The molecule has 4 heteroatoms. The van der Waals surface area contributed by atoms with E-state index in [0.29, 0.717) is 0 Å². The van der Waals surface area contributed by atoms with Crippen molar-refractivity contribution in [3.63, 3.8) is 0 Å². The van der Waals surface area contributed by atoms with Crippen molar-refractivity contribution in [2.24, 2.45) is 0 Å². The van der Waals surface area contributed by atoms with Gasteiger partial charge in [-0.2, -0.15) is 0 Å². The van der Waals surface area contributed by atoms with Crippen LogP contribution in [-0.4, -0.2) is 8.96 Å². The van der Waals surface area contributed by atoms with E-state index in [2.05, 4.69) is 136 Å². The number of hydrogen-bond acceptors (Lipinski definition) is 1. The zero-order valence-corrected chi connectivity index (χ0v) is 27.3. The van der Waals surface area contributed by atoms with Gasteiger partial charge in [0.25, 0.3) is 0 Å². The fourth-order valence-corrected chi connectivity index (χ4v) is 9.22. The quantitative estimate of drug-likeness (QED) is 0.221. The first-order chi connectivity index (χ1) is 19.4. The minimum absolute atomic E-state index is 0.0921. The zero-order valence-electron chi connectivity index (χ0n) is 25.6. The van der Waals surface area contributed by atoms with Crippen LogP contribution in [0.5, 0.6) is 0 Å². The van der Waals surface area contributed by atoms with Crippen molar-refractivity contribution in [2.45, 2.75) is 82.9 Å². The van der Waals surface area contributed by atoms with Gasteiger partial charge >= 0.3 is 0 Å². The average Bonchev–Trinajstić information content (AvgIpc) is 2.95. The lowest BCUT2D eigenvalue weighted by Crippen LogP contribution is -2.39. The molecule has 0 aliphatic heterocycles. The van der Waals surface area contributed by atoms with Crippen molar-refractivity contribution in [3.05, 3.63) is 125 Å². The van der Waals surface area contributed by atoms with Crippen LogP contribution in [0.2, 0.25) is 0 Å². The van der Waals surface area contributed by atoms with Crippen molar-refractivity contribution in [3.8, 4) is 0 Å². The van der Waals surface area contributed by atoms with Gasteiger partial charge < -0.3 is 0 Å². The molecule has 0 heterocycles. The predicted molar refractivity (Wildman–Crippen MR) is 180 cm³/mol. The van der Waals surface area contributed by atoms with Crippen molar-refractivity contribution >= 4 is 34.8 Å². The highest BCUT2D eigenvalue weighted by Gasteiger charge is 2.38. The van der Waals surface area contributed by atoms with Crippen LogP contribution in [-0.2, 0) is 21.8 Å². The highest BCUT2D eigenvalue weighted by atomic mass is 32.2. The maximum Gasteiger partial charge on any atom is 0.0979 e. The summed E-state index contributed by atoms with van der Waals surface area (Å²) in [5.41, 5.74) is 5.47. The molecule has 0 spiro atoms. The summed E-state index contributed by atoms with van der Waals surface area (Å²) in [5.74, 6) is 0. The summed E-state index contributed by atoms with van der Waals surface area (Å²) >= 11 is 0. The van der Waals surface area contributed by atoms with E-state index in [1.54, 1.807) is 0 Å². The molecule has 1 aliphatic rings. The van der Waals surface area contributed by atoms with Gasteiger partial charge in [-0.15, -0.1) is 0 Å². The van der Waals surface area contributed by atoms with E-state index in [1.165, 1.54) is 44.6 Å². The number of nitrogens with one attached hydrogen (secondary N) is 1. The summed E-state index contributed by atoms with van der Waals surface area (Å²) in [6.07, 6.45) is 2.34. The van der Waals surface area contributed by atoms with E-state index < -0.39 is 23.7 Å². The fraction of sp³-hybridized carbons (Fsp3) is 0.351. The van der Waals surface area contributed by atoms with E-state index in [9.17, 15) is 4.21 Å². The second-order valence-electron chi connectivity index (χ2n) is 13.6. The largest absolute Gasteiger partial charge is 0.242 e. The van der Waals surface area contributed by atoms with Crippen molar-refractivity contribution in [1.29, 1.82) is 0 Å². The molecule has 2 unspecified atom stereocenters. The number of rotatable bonds is 7. The Morgan fingerprint density at radius 3 is 1.78 bits per heavy atom. The van der Waals surface area contributed by atoms with Crippen LogP contribution in [0.25, 0.3) is 0 Å². The first-order valence-electron chi connectivity index (χ1n) is 14.7. The molecule has 0 fully saturated rings. The molecule has 1 N–H and O–H groups in total. The topological polar surface area (TPSA) is 29.1 Å². The van der Waals surface area contributed by atoms with Crippen LogP contribution in [0, 0.1) is 0 Å². The van der Waals surface area contributed by atoms with Crippen LogP contribution in [0.3, 0.4) is 0 Å². The van der Waals surface area contributed by atoms with Gasteiger partial charge in [-0.1, -0.05) is 131 Å². The smallest absolute Gasteiger partial charge is 0.0979 e. The normalized spacial score (nSPS) is 17.6. The number of hydrogen-bond donors (Lipinski definition) is 1. The van der Waals surface area contributed by atoms with Gasteiger partial charge in [0, 0.05) is 0 Å². The molecular weight excluding hydrogens is 537 g/mol. The Morgan fingerprint density at radius 2 is 1.22 bits per heavy atom. The lowest BCUT2D eigenvalue weighted by molar-refractivity contribution is 0.331. The van der Waals surface area contributed by atoms with E-state index in [4.69, 9.17) is 0 Å². The lowest BCUT2D eigenvalue weighted by Gasteiger charge is -2.42. The molecule has 4 aromatic rings. The Bertz CT molecular complexity index is 1480. The molecule has 0 aromatic heterocycles. The molecule has 0 saturated carbocycles.